The fourth-order valence-corrected chi connectivity index (χ4v) is 7.05. The van der Waals surface area contributed by atoms with E-state index in [0.717, 1.165) is 5.56 Å². The molecular weight excluding hydrogens is 494 g/mol. The van der Waals surface area contributed by atoms with Gasteiger partial charge in [0.15, 0.2) is 0 Å². The Kier molecular flexibility index (Phi) is 6.28. The number of halogens is 1. The molecule has 2 saturated heterocycles. The summed E-state index contributed by atoms with van der Waals surface area (Å²) in [5, 5.41) is 10.8. The molecule has 0 saturated carbocycles. The van der Waals surface area contributed by atoms with Crippen molar-refractivity contribution < 1.29 is 24.2 Å². The standard InChI is InChI=1S/C28H34ClN3O5/c1-16(2)19(15-33)32-23-26(36)31(22-17(3)9-6-10-18(22)29)14-8-12-28(23)21(25(32)35)20-24(34)30(5)13-7-11-27(20,4)37-28/h6-12,16,19-21,23,33H,13-15H2,1-5H3/t19-,20-,21-,23?,27+,28-/m0/s1. The van der Waals surface area contributed by atoms with Crippen molar-refractivity contribution >= 4 is 35.0 Å². The first-order chi connectivity index (χ1) is 17.5. The maximum atomic E-state index is 14.6. The lowest BCUT2D eigenvalue weighted by Gasteiger charge is -2.41. The minimum atomic E-state index is -1.38. The highest BCUT2D eigenvalue weighted by Gasteiger charge is 2.75. The fraction of sp³-hybridized carbons (Fsp3) is 0.536. The second-order valence-corrected chi connectivity index (χ2v) is 11.5. The summed E-state index contributed by atoms with van der Waals surface area (Å²) >= 11 is 6.59. The highest BCUT2D eigenvalue weighted by molar-refractivity contribution is 6.34. The second kappa shape index (κ2) is 8.96. The van der Waals surface area contributed by atoms with Gasteiger partial charge in [0.2, 0.25) is 11.8 Å². The Morgan fingerprint density at radius 2 is 1.78 bits per heavy atom. The zero-order valence-corrected chi connectivity index (χ0v) is 22.6. The van der Waals surface area contributed by atoms with Gasteiger partial charge in [0.05, 0.1) is 40.8 Å². The summed E-state index contributed by atoms with van der Waals surface area (Å²) < 4.78 is 6.79. The van der Waals surface area contributed by atoms with Gasteiger partial charge >= 0.3 is 0 Å². The Balaban J connectivity index is 1.72. The third-order valence-electron chi connectivity index (χ3n) is 8.47. The van der Waals surface area contributed by atoms with Gasteiger partial charge in [-0.25, -0.2) is 0 Å². The molecule has 4 heterocycles. The van der Waals surface area contributed by atoms with Crippen molar-refractivity contribution in [3.05, 3.63) is 53.1 Å². The zero-order chi connectivity index (χ0) is 26.9. The van der Waals surface area contributed by atoms with Gasteiger partial charge < -0.3 is 24.5 Å². The van der Waals surface area contributed by atoms with Crippen molar-refractivity contribution in [2.24, 2.45) is 17.8 Å². The smallest absolute Gasteiger partial charge is 0.253 e. The molecule has 1 aromatic carbocycles. The molecule has 5 rings (SSSR count). The van der Waals surface area contributed by atoms with E-state index in [1.54, 1.807) is 29.0 Å². The molecule has 0 radical (unpaired) electrons. The Labute approximate surface area is 222 Å². The lowest BCUT2D eigenvalue weighted by atomic mass is 9.74. The maximum Gasteiger partial charge on any atom is 0.253 e. The topological polar surface area (TPSA) is 90.4 Å². The second-order valence-electron chi connectivity index (χ2n) is 11.1. The molecule has 8 nitrogen and oxygen atoms in total. The molecule has 0 aliphatic carbocycles. The lowest BCUT2D eigenvalue weighted by Crippen LogP contribution is -2.59. The van der Waals surface area contributed by atoms with E-state index in [1.807, 2.05) is 58.1 Å². The minimum absolute atomic E-state index is 0.140. The van der Waals surface area contributed by atoms with E-state index >= 15 is 0 Å². The monoisotopic (exact) mass is 527 g/mol. The molecule has 1 unspecified atom stereocenters. The molecule has 1 spiro atoms. The van der Waals surface area contributed by atoms with Crippen LogP contribution in [0.4, 0.5) is 5.69 Å². The third-order valence-corrected chi connectivity index (χ3v) is 8.77. The average Bonchev–Trinajstić information content (AvgIpc) is 3.11. The first-order valence-corrected chi connectivity index (χ1v) is 13.2. The highest BCUT2D eigenvalue weighted by Crippen LogP contribution is 2.58. The van der Waals surface area contributed by atoms with Crippen LogP contribution in [0.5, 0.6) is 0 Å². The Hall–Kier alpha value is -2.68. The molecule has 3 amide bonds. The number of hydrogen-bond donors (Lipinski definition) is 1. The number of anilines is 1. The molecule has 9 heteroatoms. The number of rotatable bonds is 4. The van der Waals surface area contributed by atoms with Crippen molar-refractivity contribution in [3.63, 3.8) is 0 Å². The number of aliphatic hydroxyl groups excluding tert-OH is 1. The summed E-state index contributed by atoms with van der Waals surface area (Å²) in [6.45, 7) is 7.83. The van der Waals surface area contributed by atoms with E-state index in [2.05, 4.69) is 0 Å². The van der Waals surface area contributed by atoms with Crippen LogP contribution in [0.2, 0.25) is 5.02 Å². The molecule has 0 bridgehead atoms. The van der Waals surface area contributed by atoms with E-state index in [9.17, 15) is 19.5 Å². The summed E-state index contributed by atoms with van der Waals surface area (Å²) in [6.07, 6.45) is 7.37. The SMILES string of the molecule is Cc1cccc(Cl)c1N1CC=C[C@]23O[C@]4(C)C=CCN(C)C(=O)[C@@H]4[C@H]2C(=O)N([C@@H](CO)C(C)C)C3C1=O. The molecule has 2 fully saturated rings. The van der Waals surface area contributed by atoms with Crippen molar-refractivity contribution in [2.75, 3.05) is 31.6 Å². The van der Waals surface area contributed by atoms with Gasteiger partial charge in [0.1, 0.15) is 11.6 Å². The number of likely N-dealkylation sites (N-methyl/N-ethyl adjacent to an activating group) is 1. The quantitative estimate of drug-likeness (QED) is 0.608. The van der Waals surface area contributed by atoms with Crippen LogP contribution in [0.3, 0.4) is 0 Å². The van der Waals surface area contributed by atoms with Gasteiger partial charge in [-0.1, -0.05) is 61.9 Å². The van der Waals surface area contributed by atoms with Crippen LogP contribution in [-0.4, -0.2) is 82.7 Å². The first kappa shape index (κ1) is 25.9. The van der Waals surface area contributed by atoms with Crippen LogP contribution >= 0.6 is 11.6 Å². The molecule has 4 aliphatic heterocycles. The number of amides is 3. The molecular formula is C28H34ClN3O5. The number of fused-ring (bicyclic) bond motifs is 2. The molecule has 37 heavy (non-hydrogen) atoms. The number of likely N-dealkylation sites (tertiary alicyclic amines) is 1. The van der Waals surface area contributed by atoms with Crippen LogP contribution in [0.1, 0.15) is 26.3 Å². The molecule has 6 atom stereocenters. The molecule has 1 aromatic rings. The number of para-hydroxylation sites is 1. The van der Waals surface area contributed by atoms with Crippen LogP contribution in [0.25, 0.3) is 0 Å². The summed E-state index contributed by atoms with van der Waals surface area (Å²) in [6, 6.07) is 3.74. The predicted molar refractivity (Wildman–Crippen MR) is 140 cm³/mol. The first-order valence-electron chi connectivity index (χ1n) is 12.8. The highest BCUT2D eigenvalue weighted by atomic mass is 35.5. The number of hydrogen-bond acceptors (Lipinski definition) is 5. The van der Waals surface area contributed by atoms with Crippen LogP contribution in [0.15, 0.2) is 42.5 Å². The maximum absolute atomic E-state index is 14.6. The lowest BCUT2D eigenvalue weighted by molar-refractivity contribution is -0.151. The van der Waals surface area contributed by atoms with Crippen LogP contribution in [-0.2, 0) is 19.1 Å². The van der Waals surface area contributed by atoms with Crippen molar-refractivity contribution in [1.29, 1.82) is 0 Å². The van der Waals surface area contributed by atoms with Crippen LogP contribution in [0, 0.1) is 24.7 Å². The van der Waals surface area contributed by atoms with E-state index < -0.39 is 35.1 Å². The van der Waals surface area contributed by atoms with E-state index in [0.29, 0.717) is 17.3 Å². The van der Waals surface area contributed by atoms with Gasteiger partial charge in [0.25, 0.3) is 5.91 Å². The molecule has 0 aromatic heterocycles. The summed E-state index contributed by atoms with van der Waals surface area (Å²) in [7, 11) is 1.71. The summed E-state index contributed by atoms with van der Waals surface area (Å²) in [4.78, 5) is 47.2. The zero-order valence-electron chi connectivity index (χ0n) is 21.8. The molecule has 198 valence electrons. The van der Waals surface area contributed by atoms with Gasteiger partial charge in [0, 0.05) is 20.1 Å². The number of ether oxygens (including phenoxy) is 1. The predicted octanol–water partition coefficient (Wildman–Crippen LogP) is 2.57. The molecule has 4 aliphatic rings. The Morgan fingerprint density at radius 1 is 1.08 bits per heavy atom. The minimum Gasteiger partial charge on any atom is -0.394 e. The van der Waals surface area contributed by atoms with Gasteiger partial charge in [-0.05, 0) is 31.4 Å². The normalized spacial score (nSPS) is 34.0. The number of aliphatic hydroxyl groups is 1. The number of carbonyl (C=O) groups excluding carboxylic acids is 3. The summed E-state index contributed by atoms with van der Waals surface area (Å²) in [5.74, 6) is -2.76. The van der Waals surface area contributed by atoms with E-state index in [1.165, 1.54) is 4.90 Å². The third kappa shape index (κ3) is 3.60. The van der Waals surface area contributed by atoms with Crippen molar-refractivity contribution in [2.45, 2.75) is 51.0 Å². The van der Waals surface area contributed by atoms with Crippen molar-refractivity contribution in [1.82, 2.24) is 9.80 Å². The van der Waals surface area contributed by atoms with E-state index in [4.69, 9.17) is 16.3 Å². The number of aryl methyl sites for hydroxylation is 1. The summed E-state index contributed by atoms with van der Waals surface area (Å²) in [5.41, 5.74) is -1.05. The van der Waals surface area contributed by atoms with Gasteiger partial charge in [-0.3, -0.25) is 14.4 Å². The van der Waals surface area contributed by atoms with E-state index in [-0.39, 0.29) is 36.8 Å². The van der Waals surface area contributed by atoms with Crippen LogP contribution < -0.4 is 4.90 Å². The number of nitrogens with zero attached hydrogens (tertiary/aromatic N) is 3. The Bertz CT molecular complexity index is 1190. The Morgan fingerprint density at radius 3 is 2.43 bits per heavy atom. The average molecular weight is 528 g/mol. The molecule has 1 N–H and O–H groups in total. The number of carbonyl (C=O) groups is 3. The number of benzene rings is 1. The van der Waals surface area contributed by atoms with Gasteiger partial charge in [-0.2, -0.15) is 0 Å². The van der Waals surface area contributed by atoms with Gasteiger partial charge in [-0.15, -0.1) is 0 Å². The van der Waals surface area contributed by atoms with Crippen molar-refractivity contribution in [3.8, 4) is 0 Å². The largest absolute Gasteiger partial charge is 0.394 e. The fourth-order valence-electron chi connectivity index (χ4n) is 6.73.